The molecule has 3 aromatic rings. The van der Waals surface area contributed by atoms with E-state index in [0.717, 1.165) is 0 Å². The molecular formula is C19H16F2N4O3. The number of aromatic nitrogens is 2. The van der Waals surface area contributed by atoms with Crippen LogP contribution in [-0.4, -0.2) is 35.0 Å². The van der Waals surface area contributed by atoms with Crippen LogP contribution in [0.15, 0.2) is 36.7 Å². The number of nitrogens with two attached hydrogens (primary N) is 1. The standard InChI is InChI=1S/C19H16F2N4O3/c20-10-3-13(18-17(5-10)27-9-28-18)15-4-11(21)8-24(15)12-1-2-25-16(6-12)14(7-23-25)19(22)26/h1-3,5-7,11,15H,4,8-9H2,(H2,22,26)/t11-,15+/m0/s1. The van der Waals surface area contributed by atoms with E-state index in [1.54, 1.807) is 18.3 Å². The monoisotopic (exact) mass is 386 g/mol. The van der Waals surface area contributed by atoms with Crippen LogP contribution in [-0.2, 0) is 0 Å². The SMILES string of the molecule is NC(=O)c1cnn2ccc(N3C[C@@H](F)C[C@@H]3c3cc(F)cc4c3OCO4)cc12. The molecule has 0 unspecified atom stereocenters. The van der Waals surface area contributed by atoms with Crippen LogP contribution >= 0.6 is 0 Å². The summed E-state index contributed by atoms with van der Waals surface area (Å²) in [5.74, 6) is -0.306. The molecule has 1 saturated heterocycles. The summed E-state index contributed by atoms with van der Waals surface area (Å²) < 4.78 is 40.8. The Balaban J connectivity index is 1.61. The van der Waals surface area contributed by atoms with Gasteiger partial charge in [-0.2, -0.15) is 5.10 Å². The number of alkyl halides is 1. The molecule has 0 saturated carbocycles. The molecule has 0 radical (unpaired) electrons. The minimum atomic E-state index is -1.09. The van der Waals surface area contributed by atoms with E-state index in [1.165, 1.54) is 22.8 Å². The van der Waals surface area contributed by atoms with Crippen molar-refractivity contribution in [1.29, 1.82) is 0 Å². The van der Waals surface area contributed by atoms with E-state index in [0.29, 0.717) is 28.3 Å². The summed E-state index contributed by atoms with van der Waals surface area (Å²) in [4.78, 5) is 13.5. The van der Waals surface area contributed by atoms with Gasteiger partial charge in [0.25, 0.3) is 5.91 Å². The van der Waals surface area contributed by atoms with Crippen molar-refractivity contribution in [3.8, 4) is 11.5 Å². The van der Waals surface area contributed by atoms with Crippen molar-refractivity contribution in [1.82, 2.24) is 9.61 Å². The summed E-state index contributed by atoms with van der Waals surface area (Å²) in [7, 11) is 0. The molecule has 2 aromatic heterocycles. The summed E-state index contributed by atoms with van der Waals surface area (Å²) in [6, 6.07) is 5.68. The number of rotatable bonds is 3. The maximum Gasteiger partial charge on any atom is 0.252 e. The third-order valence-electron chi connectivity index (χ3n) is 5.18. The Hall–Kier alpha value is -3.36. The number of pyridine rings is 1. The lowest BCUT2D eigenvalue weighted by Gasteiger charge is -2.27. The molecule has 144 valence electrons. The second kappa shape index (κ2) is 6.08. The van der Waals surface area contributed by atoms with Crippen molar-refractivity contribution in [2.45, 2.75) is 18.6 Å². The minimum Gasteiger partial charge on any atom is -0.453 e. The number of hydrogen-bond acceptors (Lipinski definition) is 5. The Morgan fingerprint density at radius 3 is 2.96 bits per heavy atom. The normalized spacial score (nSPS) is 20.9. The van der Waals surface area contributed by atoms with Crippen LogP contribution in [0.1, 0.15) is 28.4 Å². The second-order valence-corrected chi connectivity index (χ2v) is 6.87. The number of anilines is 1. The van der Waals surface area contributed by atoms with E-state index in [-0.39, 0.29) is 25.3 Å². The first-order valence-electron chi connectivity index (χ1n) is 8.78. The fourth-order valence-electron chi connectivity index (χ4n) is 3.95. The van der Waals surface area contributed by atoms with Gasteiger partial charge >= 0.3 is 0 Å². The highest BCUT2D eigenvalue weighted by Gasteiger charge is 2.37. The molecule has 2 N–H and O–H groups in total. The molecule has 2 atom stereocenters. The number of amides is 1. The molecule has 1 fully saturated rings. The molecule has 5 rings (SSSR count). The van der Waals surface area contributed by atoms with Gasteiger partial charge in [0.2, 0.25) is 6.79 Å². The van der Waals surface area contributed by atoms with Crippen LogP contribution in [0, 0.1) is 5.82 Å². The van der Waals surface area contributed by atoms with Crippen molar-refractivity contribution >= 4 is 17.1 Å². The topological polar surface area (TPSA) is 82.1 Å². The molecule has 0 spiro atoms. The van der Waals surface area contributed by atoms with Crippen molar-refractivity contribution in [2.24, 2.45) is 5.73 Å². The summed E-state index contributed by atoms with van der Waals surface area (Å²) in [5.41, 5.74) is 7.42. The second-order valence-electron chi connectivity index (χ2n) is 6.87. The van der Waals surface area contributed by atoms with E-state index in [9.17, 15) is 13.6 Å². The van der Waals surface area contributed by atoms with Gasteiger partial charge in [-0.1, -0.05) is 0 Å². The molecule has 1 amide bonds. The maximum absolute atomic E-state index is 14.4. The van der Waals surface area contributed by atoms with E-state index < -0.39 is 23.9 Å². The number of nitrogens with zero attached hydrogens (tertiary/aromatic N) is 3. The maximum atomic E-state index is 14.4. The molecule has 0 bridgehead atoms. The van der Waals surface area contributed by atoms with Crippen molar-refractivity contribution in [3.63, 3.8) is 0 Å². The van der Waals surface area contributed by atoms with E-state index in [2.05, 4.69) is 5.10 Å². The van der Waals surface area contributed by atoms with Gasteiger partial charge in [0.05, 0.1) is 23.3 Å². The van der Waals surface area contributed by atoms with Crippen LogP contribution in [0.2, 0.25) is 0 Å². The number of carbonyl (C=O) groups excluding carboxylic acids is 1. The number of ether oxygens (including phenoxy) is 2. The quantitative estimate of drug-likeness (QED) is 0.748. The van der Waals surface area contributed by atoms with Gasteiger partial charge in [0.1, 0.15) is 12.0 Å². The lowest BCUT2D eigenvalue weighted by atomic mass is 10.0. The molecular weight excluding hydrogens is 370 g/mol. The molecule has 2 aliphatic heterocycles. The van der Waals surface area contributed by atoms with Crippen LogP contribution in [0.3, 0.4) is 0 Å². The Kier molecular flexibility index (Phi) is 3.65. The fraction of sp³-hybridized carbons (Fsp3) is 0.263. The molecule has 7 nitrogen and oxygen atoms in total. The van der Waals surface area contributed by atoms with Crippen LogP contribution in [0.5, 0.6) is 11.5 Å². The number of fused-ring (bicyclic) bond motifs is 2. The van der Waals surface area contributed by atoms with Gasteiger partial charge in [-0.05, 0) is 18.2 Å². The highest BCUT2D eigenvalue weighted by Crippen LogP contribution is 2.46. The molecule has 28 heavy (non-hydrogen) atoms. The number of primary amides is 1. The van der Waals surface area contributed by atoms with Gasteiger partial charge in [-0.15, -0.1) is 0 Å². The van der Waals surface area contributed by atoms with Crippen LogP contribution in [0.4, 0.5) is 14.5 Å². The largest absolute Gasteiger partial charge is 0.453 e. The summed E-state index contributed by atoms with van der Waals surface area (Å²) in [5, 5.41) is 4.10. The lowest BCUT2D eigenvalue weighted by molar-refractivity contribution is 0.100. The van der Waals surface area contributed by atoms with E-state index in [1.807, 2.05) is 4.90 Å². The molecule has 1 aromatic carbocycles. The van der Waals surface area contributed by atoms with Gasteiger partial charge < -0.3 is 20.1 Å². The van der Waals surface area contributed by atoms with Gasteiger partial charge in [-0.3, -0.25) is 4.79 Å². The predicted molar refractivity (Wildman–Crippen MR) is 95.8 cm³/mol. The Bertz CT molecular complexity index is 1100. The zero-order chi connectivity index (χ0) is 19.4. The Morgan fingerprint density at radius 2 is 2.14 bits per heavy atom. The van der Waals surface area contributed by atoms with E-state index in [4.69, 9.17) is 15.2 Å². The first-order valence-corrected chi connectivity index (χ1v) is 8.78. The van der Waals surface area contributed by atoms with Crippen molar-refractivity contribution < 1.29 is 23.0 Å². The number of halogens is 2. The zero-order valence-electron chi connectivity index (χ0n) is 14.6. The fourth-order valence-corrected chi connectivity index (χ4v) is 3.95. The number of carbonyl (C=O) groups is 1. The number of hydrogen-bond donors (Lipinski definition) is 1. The Labute approximate surface area is 158 Å². The third-order valence-corrected chi connectivity index (χ3v) is 5.18. The molecule has 2 aliphatic rings. The Morgan fingerprint density at radius 1 is 1.29 bits per heavy atom. The average Bonchev–Trinajstić information content (AvgIpc) is 3.37. The highest BCUT2D eigenvalue weighted by molar-refractivity contribution is 5.99. The summed E-state index contributed by atoms with van der Waals surface area (Å²) in [6.07, 6.45) is 2.16. The zero-order valence-corrected chi connectivity index (χ0v) is 14.6. The predicted octanol–water partition coefficient (Wildman–Crippen LogP) is 2.59. The highest BCUT2D eigenvalue weighted by atomic mass is 19.1. The van der Waals surface area contributed by atoms with E-state index >= 15 is 0 Å². The summed E-state index contributed by atoms with van der Waals surface area (Å²) in [6.45, 7) is 0.133. The van der Waals surface area contributed by atoms with Crippen molar-refractivity contribution in [3.05, 3.63) is 53.6 Å². The molecule has 0 aliphatic carbocycles. The first kappa shape index (κ1) is 16.8. The first-order chi connectivity index (χ1) is 13.5. The van der Waals surface area contributed by atoms with Crippen LogP contribution in [0.25, 0.3) is 5.52 Å². The summed E-state index contributed by atoms with van der Waals surface area (Å²) >= 11 is 0. The average molecular weight is 386 g/mol. The van der Waals surface area contributed by atoms with Crippen LogP contribution < -0.4 is 20.1 Å². The molecule has 9 heteroatoms. The third kappa shape index (κ3) is 2.54. The molecule has 4 heterocycles. The lowest BCUT2D eigenvalue weighted by Crippen LogP contribution is -2.24. The number of benzene rings is 1. The van der Waals surface area contributed by atoms with Crippen molar-refractivity contribution in [2.75, 3.05) is 18.2 Å². The van der Waals surface area contributed by atoms with Gasteiger partial charge in [0.15, 0.2) is 11.5 Å². The minimum absolute atomic E-state index is 0.00131. The smallest absolute Gasteiger partial charge is 0.252 e. The van der Waals surface area contributed by atoms with Gasteiger partial charge in [0, 0.05) is 36.5 Å². The van der Waals surface area contributed by atoms with Gasteiger partial charge in [-0.25, -0.2) is 13.3 Å².